The minimum atomic E-state index is -0.443. The van der Waals surface area contributed by atoms with Gasteiger partial charge in [0.25, 0.3) is 0 Å². The zero-order valence-electron chi connectivity index (χ0n) is 12.1. The third kappa shape index (κ3) is 2.86. The Labute approximate surface area is 128 Å². The maximum absolute atomic E-state index is 13.4. The number of hydrogen-bond donors (Lipinski definition) is 0. The van der Waals surface area contributed by atoms with E-state index in [-0.39, 0.29) is 11.3 Å². The second-order valence-corrected chi connectivity index (χ2v) is 5.01. The molecular formula is C18H15FO3. The maximum Gasteiger partial charge on any atom is 0.192 e. The summed E-state index contributed by atoms with van der Waals surface area (Å²) in [6, 6.07) is 11.4. The molecule has 112 valence electrons. The molecule has 3 rings (SSSR count). The number of ether oxygens (including phenoxy) is 2. The van der Waals surface area contributed by atoms with Crippen molar-refractivity contribution in [2.75, 3.05) is 13.7 Å². The molecule has 3 nitrogen and oxygen atoms in total. The van der Waals surface area contributed by atoms with Crippen molar-refractivity contribution in [2.45, 2.75) is 6.42 Å². The molecule has 0 bridgehead atoms. The molecule has 0 aliphatic carbocycles. The Morgan fingerprint density at radius 2 is 1.95 bits per heavy atom. The second-order valence-electron chi connectivity index (χ2n) is 5.01. The fourth-order valence-electron chi connectivity index (χ4n) is 2.40. The zero-order valence-corrected chi connectivity index (χ0v) is 12.1. The van der Waals surface area contributed by atoms with Crippen molar-refractivity contribution in [3.8, 4) is 11.5 Å². The number of fused-ring (bicyclic) bond motifs is 1. The summed E-state index contributed by atoms with van der Waals surface area (Å²) in [5.41, 5.74) is 1.77. The Kier molecular flexibility index (Phi) is 3.92. The monoisotopic (exact) mass is 298 g/mol. The summed E-state index contributed by atoms with van der Waals surface area (Å²) >= 11 is 0. The molecule has 0 amide bonds. The lowest BCUT2D eigenvalue weighted by atomic mass is 9.99. The highest BCUT2D eigenvalue weighted by molar-refractivity contribution is 6.13. The first-order valence-corrected chi connectivity index (χ1v) is 6.99. The van der Waals surface area contributed by atoms with E-state index in [0.717, 1.165) is 11.3 Å². The molecule has 2 aromatic rings. The topological polar surface area (TPSA) is 35.5 Å². The number of Topliss-reactive ketones (excluding diaryl/α,β-unsaturated/α-hetero) is 1. The summed E-state index contributed by atoms with van der Waals surface area (Å²) in [6.07, 6.45) is 2.30. The lowest BCUT2D eigenvalue weighted by Gasteiger charge is -2.05. The fourth-order valence-corrected chi connectivity index (χ4v) is 2.40. The number of ketones is 1. The van der Waals surface area contributed by atoms with Gasteiger partial charge in [-0.25, -0.2) is 4.39 Å². The number of rotatable bonds is 2. The van der Waals surface area contributed by atoms with E-state index in [9.17, 15) is 9.18 Å². The van der Waals surface area contributed by atoms with E-state index in [1.165, 1.54) is 18.2 Å². The smallest absolute Gasteiger partial charge is 0.192 e. The summed E-state index contributed by atoms with van der Waals surface area (Å²) in [6.45, 7) is 0.395. The van der Waals surface area contributed by atoms with Crippen molar-refractivity contribution in [2.24, 2.45) is 0 Å². The molecule has 0 saturated heterocycles. The third-order valence-electron chi connectivity index (χ3n) is 3.56. The first-order chi connectivity index (χ1) is 10.7. The van der Waals surface area contributed by atoms with Gasteiger partial charge in [0.1, 0.15) is 17.3 Å². The number of methoxy groups -OCH3 is 1. The molecular weight excluding hydrogens is 283 g/mol. The molecule has 4 heteroatoms. The molecule has 0 radical (unpaired) electrons. The van der Waals surface area contributed by atoms with Crippen LogP contribution in [0.1, 0.15) is 22.3 Å². The van der Waals surface area contributed by atoms with E-state index in [1.54, 1.807) is 7.11 Å². The Morgan fingerprint density at radius 3 is 2.68 bits per heavy atom. The number of halogens is 1. The lowest BCUT2D eigenvalue weighted by molar-refractivity contribution is 0.103. The van der Waals surface area contributed by atoms with Gasteiger partial charge in [0.05, 0.1) is 19.3 Å². The molecule has 0 atom stereocenters. The van der Waals surface area contributed by atoms with Crippen molar-refractivity contribution >= 4 is 11.9 Å². The van der Waals surface area contributed by atoms with Crippen LogP contribution in [0.4, 0.5) is 4.39 Å². The summed E-state index contributed by atoms with van der Waals surface area (Å²) in [4.78, 5) is 12.6. The summed E-state index contributed by atoms with van der Waals surface area (Å²) in [7, 11) is 1.60. The first-order valence-electron chi connectivity index (χ1n) is 6.99. The second kappa shape index (κ2) is 6.02. The molecule has 0 spiro atoms. The summed E-state index contributed by atoms with van der Waals surface area (Å²) in [5.74, 6) is 0.554. The van der Waals surface area contributed by atoms with Gasteiger partial charge in [-0.2, -0.15) is 0 Å². The van der Waals surface area contributed by atoms with E-state index in [2.05, 4.69) is 0 Å². The van der Waals surface area contributed by atoms with Crippen LogP contribution in [0.15, 0.2) is 48.0 Å². The standard InChI is InChI=1S/C18H15FO3/c1-21-15-5-2-12(3-6-15)10-13-8-9-22-17-7-4-14(19)11-16(17)18(13)20/h2-7,10-11H,8-9H2,1H3. The van der Waals surface area contributed by atoms with Crippen LogP contribution in [0.5, 0.6) is 11.5 Å². The highest BCUT2D eigenvalue weighted by Gasteiger charge is 2.21. The average Bonchev–Trinajstić information content (AvgIpc) is 2.68. The molecule has 0 N–H and O–H groups in total. The predicted molar refractivity (Wildman–Crippen MR) is 81.8 cm³/mol. The van der Waals surface area contributed by atoms with E-state index in [4.69, 9.17) is 9.47 Å². The van der Waals surface area contributed by atoms with Gasteiger partial charge < -0.3 is 9.47 Å². The maximum atomic E-state index is 13.4. The van der Waals surface area contributed by atoms with Crippen LogP contribution in [0.25, 0.3) is 6.08 Å². The van der Waals surface area contributed by atoms with Crippen molar-refractivity contribution in [1.29, 1.82) is 0 Å². The molecule has 0 aromatic heterocycles. The highest BCUT2D eigenvalue weighted by atomic mass is 19.1. The molecule has 0 saturated carbocycles. The Balaban J connectivity index is 1.96. The van der Waals surface area contributed by atoms with Gasteiger partial charge in [-0.15, -0.1) is 0 Å². The van der Waals surface area contributed by atoms with Crippen molar-refractivity contribution in [3.05, 3.63) is 65.0 Å². The predicted octanol–water partition coefficient (Wildman–Crippen LogP) is 3.88. The average molecular weight is 298 g/mol. The zero-order chi connectivity index (χ0) is 15.5. The van der Waals surface area contributed by atoms with Crippen molar-refractivity contribution in [1.82, 2.24) is 0 Å². The molecule has 1 aliphatic heterocycles. The van der Waals surface area contributed by atoms with Gasteiger partial charge in [-0.3, -0.25) is 4.79 Å². The molecule has 1 heterocycles. The number of hydrogen-bond acceptors (Lipinski definition) is 3. The van der Waals surface area contributed by atoms with Gasteiger partial charge in [0, 0.05) is 12.0 Å². The minimum Gasteiger partial charge on any atom is -0.497 e. The summed E-state index contributed by atoms with van der Waals surface area (Å²) in [5, 5.41) is 0. The Hall–Kier alpha value is -2.62. The summed E-state index contributed by atoms with van der Waals surface area (Å²) < 4.78 is 24.0. The fraction of sp³-hybridized carbons (Fsp3) is 0.167. The van der Waals surface area contributed by atoms with Crippen LogP contribution in [0.2, 0.25) is 0 Å². The van der Waals surface area contributed by atoms with Crippen LogP contribution in [-0.2, 0) is 0 Å². The van der Waals surface area contributed by atoms with E-state index >= 15 is 0 Å². The molecule has 0 unspecified atom stereocenters. The normalized spacial score (nSPS) is 15.9. The SMILES string of the molecule is COc1ccc(C=C2CCOc3ccc(F)cc3C2=O)cc1. The molecule has 1 aliphatic rings. The van der Waals surface area contributed by atoms with E-state index < -0.39 is 5.82 Å². The minimum absolute atomic E-state index is 0.192. The molecule has 0 fully saturated rings. The van der Waals surface area contributed by atoms with Crippen LogP contribution in [-0.4, -0.2) is 19.5 Å². The van der Waals surface area contributed by atoms with Gasteiger partial charge in [-0.1, -0.05) is 12.1 Å². The lowest BCUT2D eigenvalue weighted by Crippen LogP contribution is -2.02. The van der Waals surface area contributed by atoms with Gasteiger partial charge in [0.2, 0.25) is 0 Å². The van der Waals surface area contributed by atoms with E-state index in [0.29, 0.717) is 24.4 Å². The molecule has 22 heavy (non-hydrogen) atoms. The highest BCUT2D eigenvalue weighted by Crippen LogP contribution is 2.28. The van der Waals surface area contributed by atoms with E-state index in [1.807, 2.05) is 30.3 Å². The number of carbonyl (C=O) groups is 1. The van der Waals surface area contributed by atoms with Gasteiger partial charge in [-0.05, 0) is 42.0 Å². The Morgan fingerprint density at radius 1 is 1.18 bits per heavy atom. The van der Waals surface area contributed by atoms with Crippen LogP contribution >= 0.6 is 0 Å². The van der Waals surface area contributed by atoms with Gasteiger partial charge in [0.15, 0.2) is 5.78 Å². The third-order valence-corrected chi connectivity index (χ3v) is 3.56. The van der Waals surface area contributed by atoms with Crippen LogP contribution in [0, 0.1) is 5.82 Å². The number of carbonyl (C=O) groups excluding carboxylic acids is 1. The van der Waals surface area contributed by atoms with Crippen molar-refractivity contribution in [3.63, 3.8) is 0 Å². The van der Waals surface area contributed by atoms with Crippen LogP contribution < -0.4 is 9.47 Å². The van der Waals surface area contributed by atoms with Crippen LogP contribution in [0.3, 0.4) is 0 Å². The quantitative estimate of drug-likeness (QED) is 0.789. The van der Waals surface area contributed by atoms with Gasteiger partial charge >= 0.3 is 0 Å². The number of benzene rings is 2. The Bertz CT molecular complexity index is 732. The first kappa shape index (κ1) is 14.3. The largest absolute Gasteiger partial charge is 0.497 e. The molecule has 2 aromatic carbocycles. The van der Waals surface area contributed by atoms with Crippen molar-refractivity contribution < 1.29 is 18.7 Å².